The minimum absolute atomic E-state index is 0.102. The van der Waals surface area contributed by atoms with Gasteiger partial charge in [-0.15, -0.1) is 10.2 Å². The number of halogens is 2. The van der Waals surface area contributed by atoms with Gasteiger partial charge in [0.25, 0.3) is 11.5 Å². The summed E-state index contributed by atoms with van der Waals surface area (Å²) >= 11 is 14.6. The Morgan fingerprint density at radius 3 is 2.54 bits per heavy atom. The second kappa shape index (κ2) is 11.1. The first-order valence-corrected chi connectivity index (χ1v) is 13.8. The zero-order valence-electron chi connectivity index (χ0n) is 19.7. The standard InChI is InChI=1S/C26H16Cl2N4O5S2/c27-17-10-9-16(19(28)12-17)13-38-26-30-29-25(39-26)31-21(15-7-4-8-18(11-15)32(36)37)20(23(34)24(31)35)22(33)14-5-2-1-3-6-14/h1-12,21,33H,13H2/b22-20-. The van der Waals surface area contributed by atoms with E-state index >= 15 is 0 Å². The molecule has 5 rings (SSSR count). The number of Topliss-reactive ketones (excluding diaryl/α,β-unsaturated/α-hetero) is 1. The molecule has 196 valence electrons. The number of carbonyl (C=O) groups excluding carboxylic acids is 2. The molecule has 0 spiro atoms. The lowest BCUT2D eigenvalue weighted by Gasteiger charge is -2.22. The Bertz CT molecular complexity index is 1640. The SMILES string of the molecule is O=C1C(=O)N(c2nnc(SCc3ccc(Cl)cc3Cl)s2)C(c2cccc([N+](=O)[O-])c2)/C1=C(/O)c1ccccc1. The Balaban J connectivity index is 1.55. The van der Waals surface area contributed by atoms with Crippen molar-refractivity contribution in [2.24, 2.45) is 0 Å². The van der Waals surface area contributed by atoms with Crippen LogP contribution in [0.15, 0.2) is 82.7 Å². The molecule has 4 aromatic rings. The first kappa shape index (κ1) is 26.8. The molecule has 1 aliphatic heterocycles. The van der Waals surface area contributed by atoms with Gasteiger partial charge in [0.2, 0.25) is 5.13 Å². The Morgan fingerprint density at radius 1 is 1.05 bits per heavy atom. The van der Waals surface area contributed by atoms with Crippen molar-refractivity contribution in [1.29, 1.82) is 0 Å². The molecule has 1 unspecified atom stereocenters. The van der Waals surface area contributed by atoms with Crippen LogP contribution >= 0.6 is 46.3 Å². The largest absolute Gasteiger partial charge is 0.507 e. The number of carbonyl (C=O) groups is 2. The van der Waals surface area contributed by atoms with E-state index in [1.807, 2.05) is 0 Å². The number of rotatable bonds is 7. The van der Waals surface area contributed by atoms with Crippen LogP contribution < -0.4 is 4.90 Å². The lowest BCUT2D eigenvalue weighted by atomic mass is 9.95. The zero-order valence-corrected chi connectivity index (χ0v) is 22.8. The van der Waals surface area contributed by atoms with Crippen molar-refractivity contribution in [2.75, 3.05) is 4.90 Å². The molecule has 0 bridgehead atoms. The quantitative estimate of drug-likeness (QED) is 0.0475. The number of thioether (sulfide) groups is 1. The van der Waals surface area contributed by atoms with Crippen molar-refractivity contribution in [3.8, 4) is 0 Å². The molecule has 1 aliphatic rings. The van der Waals surface area contributed by atoms with Gasteiger partial charge >= 0.3 is 5.91 Å². The van der Waals surface area contributed by atoms with Crippen LogP contribution in [0.2, 0.25) is 10.0 Å². The van der Waals surface area contributed by atoms with Crippen molar-refractivity contribution in [3.05, 3.63) is 115 Å². The summed E-state index contributed by atoms with van der Waals surface area (Å²) in [5.74, 6) is -1.82. The van der Waals surface area contributed by atoms with Gasteiger partial charge in [0, 0.05) is 33.5 Å². The highest BCUT2D eigenvalue weighted by Crippen LogP contribution is 2.44. The molecule has 1 N–H and O–H groups in total. The molecular weight excluding hydrogens is 583 g/mol. The van der Waals surface area contributed by atoms with Gasteiger partial charge < -0.3 is 5.11 Å². The van der Waals surface area contributed by atoms with E-state index in [1.165, 1.54) is 30.0 Å². The fourth-order valence-corrected chi connectivity index (χ4v) is 6.47. The number of amides is 1. The number of nitro groups is 1. The minimum atomic E-state index is -1.17. The van der Waals surface area contributed by atoms with E-state index in [2.05, 4.69) is 10.2 Å². The van der Waals surface area contributed by atoms with Gasteiger partial charge in [0.1, 0.15) is 5.76 Å². The summed E-state index contributed by atoms with van der Waals surface area (Å²) in [5, 5.41) is 32.0. The van der Waals surface area contributed by atoms with Gasteiger partial charge in [-0.3, -0.25) is 24.6 Å². The highest BCUT2D eigenvalue weighted by Gasteiger charge is 2.48. The molecule has 0 aliphatic carbocycles. The van der Waals surface area contributed by atoms with Crippen LogP contribution in [-0.4, -0.2) is 31.9 Å². The third-order valence-corrected chi connectivity index (χ3v) is 8.55. The number of ketones is 1. The second-order valence-electron chi connectivity index (χ2n) is 8.26. The van der Waals surface area contributed by atoms with Crippen LogP contribution in [0.1, 0.15) is 22.7 Å². The molecule has 1 aromatic heterocycles. The van der Waals surface area contributed by atoms with Crippen molar-refractivity contribution in [2.45, 2.75) is 16.1 Å². The fraction of sp³-hybridized carbons (Fsp3) is 0.0769. The van der Waals surface area contributed by atoms with Crippen LogP contribution in [0, 0.1) is 10.1 Å². The number of anilines is 1. The lowest BCUT2D eigenvalue weighted by molar-refractivity contribution is -0.384. The van der Waals surface area contributed by atoms with Gasteiger partial charge in [0.05, 0.1) is 16.5 Å². The summed E-state index contributed by atoms with van der Waals surface area (Å²) < 4.78 is 0.499. The molecule has 1 amide bonds. The Labute approximate surface area is 239 Å². The molecule has 39 heavy (non-hydrogen) atoms. The number of aliphatic hydroxyl groups excluding tert-OH is 1. The number of hydrogen-bond donors (Lipinski definition) is 1. The van der Waals surface area contributed by atoms with Crippen LogP contribution in [0.4, 0.5) is 10.8 Å². The Kier molecular flexibility index (Phi) is 7.67. The van der Waals surface area contributed by atoms with Gasteiger partial charge in [-0.1, -0.05) is 94.8 Å². The van der Waals surface area contributed by atoms with Gasteiger partial charge in [-0.05, 0) is 23.3 Å². The molecule has 1 saturated heterocycles. The molecule has 9 nitrogen and oxygen atoms in total. The first-order valence-electron chi connectivity index (χ1n) is 11.3. The van der Waals surface area contributed by atoms with Crippen LogP contribution in [0.25, 0.3) is 5.76 Å². The van der Waals surface area contributed by atoms with Crippen LogP contribution in [-0.2, 0) is 15.3 Å². The molecule has 13 heteroatoms. The summed E-state index contributed by atoms with van der Waals surface area (Å²) in [6.45, 7) is 0. The predicted octanol–water partition coefficient (Wildman–Crippen LogP) is 6.67. The molecule has 3 aromatic carbocycles. The van der Waals surface area contributed by atoms with Crippen molar-refractivity contribution in [1.82, 2.24) is 10.2 Å². The third kappa shape index (κ3) is 5.39. The maximum absolute atomic E-state index is 13.3. The van der Waals surface area contributed by atoms with E-state index in [4.69, 9.17) is 23.2 Å². The number of non-ortho nitro benzene ring substituents is 1. The number of nitrogens with zero attached hydrogens (tertiary/aromatic N) is 4. The zero-order chi connectivity index (χ0) is 27.7. The van der Waals surface area contributed by atoms with E-state index in [-0.39, 0.29) is 22.0 Å². The van der Waals surface area contributed by atoms with E-state index in [1.54, 1.807) is 54.6 Å². The Morgan fingerprint density at radius 2 is 1.82 bits per heavy atom. The molecule has 2 heterocycles. The first-order chi connectivity index (χ1) is 18.7. The van der Waals surface area contributed by atoms with Crippen molar-refractivity contribution < 1.29 is 19.6 Å². The summed E-state index contributed by atoms with van der Waals surface area (Å²) in [5.41, 5.74) is 0.968. The average molecular weight is 599 g/mol. The van der Waals surface area contributed by atoms with Crippen LogP contribution in [0.5, 0.6) is 0 Å². The predicted molar refractivity (Wildman–Crippen MR) is 150 cm³/mol. The summed E-state index contributed by atoms with van der Waals surface area (Å²) in [4.78, 5) is 38.6. The summed E-state index contributed by atoms with van der Waals surface area (Å²) in [6, 6.07) is 17.8. The third-order valence-electron chi connectivity index (χ3n) is 5.86. The van der Waals surface area contributed by atoms with Crippen molar-refractivity contribution in [3.63, 3.8) is 0 Å². The van der Waals surface area contributed by atoms with E-state index in [9.17, 15) is 24.8 Å². The molecule has 0 radical (unpaired) electrons. The van der Waals surface area contributed by atoms with E-state index in [0.29, 0.717) is 25.7 Å². The normalized spacial score (nSPS) is 16.6. The maximum Gasteiger partial charge on any atom is 0.301 e. The number of hydrogen-bond acceptors (Lipinski definition) is 9. The summed E-state index contributed by atoms with van der Waals surface area (Å²) in [7, 11) is 0. The van der Waals surface area contributed by atoms with E-state index in [0.717, 1.165) is 21.8 Å². The molecule has 0 saturated carbocycles. The van der Waals surface area contributed by atoms with Gasteiger partial charge in [0.15, 0.2) is 4.34 Å². The maximum atomic E-state index is 13.3. The molecular formula is C26H16Cl2N4O5S2. The van der Waals surface area contributed by atoms with Gasteiger partial charge in [-0.2, -0.15) is 0 Å². The minimum Gasteiger partial charge on any atom is -0.507 e. The second-order valence-corrected chi connectivity index (χ2v) is 11.3. The van der Waals surface area contributed by atoms with Crippen LogP contribution in [0.3, 0.4) is 0 Å². The Hall–Kier alpha value is -3.77. The lowest BCUT2D eigenvalue weighted by Crippen LogP contribution is -2.29. The number of aromatic nitrogens is 2. The number of aliphatic hydroxyl groups is 1. The monoisotopic (exact) mass is 598 g/mol. The fourth-order valence-electron chi connectivity index (χ4n) is 4.04. The van der Waals surface area contributed by atoms with Gasteiger partial charge in [-0.25, -0.2) is 0 Å². The topological polar surface area (TPSA) is 127 Å². The molecule has 1 atom stereocenters. The highest BCUT2D eigenvalue weighted by atomic mass is 35.5. The number of nitro benzene ring substituents is 1. The number of benzene rings is 3. The average Bonchev–Trinajstić information content (AvgIpc) is 3.50. The van der Waals surface area contributed by atoms with Crippen molar-refractivity contribution >= 4 is 74.6 Å². The summed E-state index contributed by atoms with van der Waals surface area (Å²) in [6.07, 6.45) is 0. The smallest absolute Gasteiger partial charge is 0.301 e. The highest BCUT2D eigenvalue weighted by molar-refractivity contribution is 8.00. The van der Waals surface area contributed by atoms with E-state index < -0.39 is 28.4 Å². The molecule has 1 fully saturated rings.